The third-order valence-corrected chi connectivity index (χ3v) is 5.84. The average molecular weight is 308 g/mol. The topological polar surface area (TPSA) is 101 Å². The molecule has 1 saturated heterocycles. The van der Waals surface area contributed by atoms with E-state index in [0.717, 1.165) is 4.57 Å². The molecule has 8 heteroatoms. The zero-order valence-electron chi connectivity index (χ0n) is 8.73. The third kappa shape index (κ3) is 2.21. The number of hydrogen-bond donors (Lipinski definition) is 3. The van der Waals surface area contributed by atoms with Crippen LogP contribution in [0.2, 0.25) is 4.82 Å². The van der Waals surface area contributed by atoms with Crippen LogP contribution in [-0.2, 0) is 0 Å². The van der Waals surface area contributed by atoms with Crippen molar-refractivity contribution in [1.29, 1.82) is 0 Å². The Morgan fingerprint density at radius 2 is 2.35 bits per heavy atom. The minimum absolute atomic E-state index is 0.0754. The molecule has 4 atom stereocenters. The molecule has 1 aromatic heterocycles. The van der Waals surface area contributed by atoms with E-state index < -0.39 is 42.7 Å². The van der Waals surface area contributed by atoms with Crippen LogP contribution in [0.4, 0.5) is 10.2 Å². The molecule has 2 rings (SSSR count). The van der Waals surface area contributed by atoms with Crippen molar-refractivity contribution in [2.24, 2.45) is 0 Å². The fourth-order valence-electron chi connectivity index (χ4n) is 1.70. The molecule has 0 unspecified atom stereocenters. The van der Waals surface area contributed by atoms with Gasteiger partial charge in [-0.25, -0.2) is 0 Å². The second-order valence-electron chi connectivity index (χ2n) is 3.72. The maximum atomic E-state index is 13.8. The summed E-state index contributed by atoms with van der Waals surface area (Å²) in [5.41, 5.74) is 4.71. The summed E-state index contributed by atoms with van der Waals surface area (Å²) < 4.78 is 15.0. The third-order valence-electron chi connectivity index (χ3n) is 2.60. The van der Waals surface area contributed by atoms with E-state index in [1.165, 1.54) is 12.3 Å². The van der Waals surface area contributed by atoms with Gasteiger partial charge in [0.25, 0.3) is 0 Å². The van der Waals surface area contributed by atoms with E-state index >= 15 is 0 Å². The summed E-state index contributed by atoms with van der Waals surface area (Å²) in [6, 6.07) is 1.41. The Hall–Kier alpha value is -0.951. The number of nitrogen functional groups attached to an aromatic ring is 1. The van der Waals surface area contributed by atoms with Crippen molar-refractivity contribution >= 4 is 20.8 Å². The van der Waals surface area contributed by atoms with Gasteiger partial charge in [0.1, 0.15) is 0 Å². The molecule has 0 bridgehead atoms. The van der Waals surface area contributed by atoms with Crippen LogP contribution in [0.25, 0.3) is 0 Å². The summed E-state index contributed by atoms with van der Waals surface area (Å²) in [7, 11) is 0. The monoisotopic (exact) mass is 309 g/mol. The van der Waals surface area contributed by atoms with E-state index in [1.807, 2.05) is 0 Å². The predicted molar refractivity (Wildman–Crippen MR) is 59.4 cm³/mol. The van der Waals surface area contributed by atoms with E-state index in [2.05, 4.69) is 4.98 Å². The number of rotatable bonds is 2. The summed E-state index contributed by atoms with van der Waals surface area (Å²) >= 11 is -0.408. The maximum absolute atomic E-state index is 13.8. The van der Waals surface area contributed by atoms with Crippen LogP contribution in [0.3, 0.4) is 0 Å². The molecule has 4 N–H and O–H groups in total. The molecule has 0 spiro atoms. The number of hydrogen-bond acceptors (Lipinski definition) is 5. The van der Waals surface area contributed by atoms with Gasteiger partial charge >= 0.3 is 102 Å². The van der Waals surface area contributed by atoms with Crippen molar-refractivity contribution in [2.75, 3.05) is 12.3 Å². The van der Waals surface area contributed by atoms with Gasteiger partial charge in [-0.05, 0) is 0 Å². The fourth-order valence-corrected chi connectivity index (χ4v) is 4.55. The molecule has 0 aliphatic carbocycles. The zero-order valence-corrected chi connectivity index (χ0v) is 10.4. The number of nitrogens with zero attached hydrogens (tertiary/aromatic N) is 2. The first-order valence-electron chi connectivity index (χ1n) is 4.97. The first-order chi connectivity index (χ1) is 8.04. The van der Waals surface area contributed by atoms with Crippen LogP contribution in [-0.4, -0.2) is 53.6 Å². The molecular formula is C9H12FN3O3Se. The summed E-state index contributed by atoms with van der Waals surface area (Å²) in [6.45, 7) is -0.283. The summed E-state index contributed by atoms with van der Waals surface area (Å²) in [5, 5.41) is 18.6. The molecule has 1 aromatic rings. The number of anilines is 1. The van der Waals surface area contributed by atoms with Crippen LogP contribution in [0.15, 0.2) is 17.1 Å². The molecule has 17 heavy (non-hydrogen) atoms. The van der Waals surface area contributed by atoms with Crippen molar-refractivity contribution in [2.45, 2.75) is 22.0 Å². The molecule has 6 nitrogen and oxygen atoms in total. The van der Waals surface area contributed by atoms with Gasteiger partial charge in [-0.1, -0.05) is 0 Å². The summed E-state index contributed by atoms with van der Waals surface area (Å²) in [6.07, 6.45) is -1.42. The van der Waals surface area contributed by atoms with E-state index in [4.69, 9.17) is 10.8 Å². The summed E-state index contributed by atoms with van der Waals surface area (Å²) in [5.74, 6) is 0.0754. The Bertz CT molecular complexity index is 469. The van der Waals surface area contributed by atoms with Gasteiger partial charge in [0.05, 0.1) is 0 Å². The molecular weight excluding hydrogens is 296 g/mol. The first-order valence-corrected chi connectivity index (χ1v) is 6.95. The van der Waals surface area contributed by atoms with Crippen LogP contribution in [0.5, 0.6) is 0 Å². The second kappa shape index (κ2) is 4.73. The number of aromatic nitrogens is 2. The Balaban J connectivity index is 2.32. The van der Waals surface area contributed by atoms with E-state index in [-0.39, 0.29) is 12.4 Å². The standard InChI is InChI=1S/C9H12FN3O3Se/c10-6-7(15)4(3-14)17-8(6)13-2-1-5(11)12-9(13)16/h1-2,4,6-8,14-15H,3H2,(H2,11,12,16)/t4-,6+,7-,8-/m1/s1. The first kappa shape index (κ1) is 12.5. The van der Waals surface area contributed by atoms with Gasteiger partial charge in [0.15, 0.2) is 0 Å². The molecule has 1 fully saturated rings. The molecule has 94 valence electrons. The molecule has 1 aliphatic rings. The molecule has 0 aromatic carbocycles. The number of alkyl halides is 1. The Morgan fingerprint density at radius 3 is 2.88 bits per heavy atom. The number of aliphatic hydroxyl groups is 2. The van der Waals surface area contributed by atoms with Gasteiger partial charge < -0.3 is 0 Å². The molecule has 2 heterocycles. The van der Waals surface area contributed by atoms with Crippen molar-refractivity contribution in [3.8, 4) is 0 Å². The van der Waals surface area contributed by atoms with Gasteiger partial charge in [-0.2, -0.15) is 0 Å². The second-order valence-corrected chi connectivity index (χ2v) is 6.58. The minimum atomic E-state index is -1.56. The van der Waals surface area contributed by atoms with Crippen LogP contribution < -0.4 is 11.4 Å². The molecule has 0 radical (unpaired) electrons. The fraction of sp³-hybridized carbons (Fsp3) is 0.556. The number of nitrogens with two attached hydrogens (primary N) is 1. The normalized spacial score (nSPS) is 32.9. The summed E-state index contributed by atoms with van der Waals surface area (Å²) in [4.78, 5) is 13.8. The van der Waals surface area contributed by atoms with Gasteiger partial charge in [0.2, 0.25) is 0 Å². The van der Waals surface area contributed by atoms with E-state index in [1.54, 1.807) is 0 Å². The van der Waals surface area contributed by atoms with Gasteiger partial charge in [0, 0.05) is 0 Å². The Morgan fingerprint density at radius 1 is 1.65 bits per heavy atom. The quantitative estimate of drug-likeness (QED) is 0.579. The molecule has 0 saturated carbocycles. The van der Waals surface area contributed by atoms with Crippen molar-refractivity contribution in [1.82, 2.24) is 9.55 Å². The molecule has 0 amide bonds. The number of halogens is 1. The number of aliphatic hydroxyl groups excluding tert-OH is 2. The SMILES string of the molecule is Nc1ccn([C@@H]2[Se][C@H](CO)[C@@H](O)[C@@H]2F)c(=O)n1. The average Bonchev–Trinajstić information content (AvgIpc) is 2.57. The van der Waals surface area contributed by atoms with E-state index in [0.29, 0.717) is 0 Å². The van der Waals surface area contributed by atoms with Gasteiger partial charge in [-0.3, -0.25) is 0 Å². The van der Waals surface area contributed by atoms with Crippen molar-refractivity contribution < 1.29 is 14.6 Å². The Labute approximate surface area is 102 Å². The predicted octanol–water partition coefficient (Wildman–Crippen LogP) is -1.48. The van der Waals surface area contributed by atoms with Crippen LogP contribution in [0.1, 0.15) is 4.94 Å². The van der Waals surface area contributed by atoms with Crippen molar-refractivity contribution in [3.63, 3.8) is 0 Å². The van der Waals surface area contributed by atoms with Crippen LogP contribution >= 0.6 is 0 Å². The van der Waals surface area contributed by atoms with E-state index in [9.17, 15) is 14.3 Å². The zero-order chi connectivity index (χ0) is 12.6. The van der Waals surface area contributed by atoms with Crippen LogP contribution in [0, 0.1) is 0 Å². The molecule has 1 aliphatic heterocycles. The van der Waals surface area contributed by atoms with Crippen molar-refractivity contribution in [3.05, 3.63) is 22.7 Å². The Kier molecular flexibility index (Phi) is 3.48. The van der Waals surface area contributed by atoms with Gasteiger partial charge in [-0.15, -0.1) is 0 Å².